The van der Waals surface area contributed by atoms with Crippen molar-refractivity contribution in [3.8, 4) is 0 Å². The second-order valence-corrected chi connectivity index (χ2v) is 7.09. The van der Waals surface area contributed by atoms with Gasteiger partial charge in [-0.1, -0.05) is 6.92 Å². The first-order valence-corrected chi connectivity index (χ1v) is 7.64. The molecule has 1 rings (SSSR count). The van der Waals surface area contributed by atoms with E-state index < -0.39 is 27.3 Å². The summed E-state index contributed by atoms with van der Waals surface area (Å²) in [5.41, 5.74) is -1.19. The Bertz CT molecular complexity index is 617. The molecule has 0 aliphatic rings. The van der Waals surface area contributed by atoms with Gasteiger partial charge in [0.15, 0.2) is 9.84 Å². The monoisotopic (exact) mass is 299 g/mol. The van der Waals surface area contributed by atoms with E-state index in [1.807, 2.05) is 0 Å². The number of carbonyl (C=O) groups is 2. The predicted octanol–water partition coefficient (Wildman–Crippen LogP) is 1.07. The minimum Gasteiger partial charge on any atom is -0.480 e. The highest BCUT2D eigenvalue weighted by molar-refractivity contribution is 7.91. The van der Waals surface area contributed by atoms with Crippen molar-refractivity contribution in [1.82, 2.24) is 5.32 Å². The van der Waals surface area contributed by atoms with Crippen LogP contribution in [0.5, 0.6) is 0 Å². The fourth-order valence-corrected chi connectivity index (χ4v) is 2.27. The van der Waals surface area contributed by atoms with Crippen LogP contribution in [0.25, 0.3) is 0 Å². The van der Waals surface area contributed by atoms with E-state index in [9.17, 15) is 18.0 Å². The molecule has 7 heteroatoms. The average Bonchev–Trinajstić information content (AvgIpc) is 2.38. The predicted molar refractivity (Wildman–Crippen MR) is 73.3 cm³/mol. The van der Waals surface area contributed by atoms with Crippen molar-refractivity contribution < 1.29 is 23.1 Å². The van der Waals surface area contributed by atoms with Crippen LogP contribution < -0.4 is 5.32 Å². The summed E-state index contributed by atoms with van der Waals surface area (Å²) >= 11 is 0. The fourth-order valence-electron chi connectivity index (χ4n) is 1.39. The van der Waals surface area contributed by atoms with E-state index in [1.165, 1.54) is 45.0 Å². The molecular weight excluding hydrogens is 282 g/mol. The van der Waals surface area contributed by atoms with Crippen molar-refractivity contribution in [2.24, 2.45) is 0 Å². The third kappa shape index (κ3) is 3.57. The fraction of sp³-hybridized carbons (Fsp3) is 0.385. The van der Waals surface area contributed by atoms with Gasteiger partial charge in [0.05, 0.1) is 10.6 Å². The summed E-state index contributed by atoms with van der Waals surface area (Å²) < 4.78 is 23.2. The van der Waals surface area contributed by atoms with Crippen LogP contribution in [0.15, 0.2) is 29.2 Å². The Morgan fingerprint density at radius 1 is 1.20 bits per heavy atom. The van der Waals surface area contributed by atoms with Crippen molar-refractivity contribution >= 4 is 21.7 Å². The van der Waals surface area contributed by atoms with Crippen LogP contribution in [0, 0.1) is 0 Å². The van der Waals surface area contributed by atoms with E-state index in [2.05, 4.69) is 5.32 Å². The molecule has 6 nitrogen and oxygen atoms in total. The number of nitrogens with one attached hydrogen (secondary N) is 1. The number of sulfone groups is 1. The maximum absolute atomic E-state index is 11.9. The zero-order valence-corrected chi connectivity index (χ0v) is 12.3. The first kappa shape index (κ1) is 16.2. The van der Waals surface area contributed by atoms with Gasteiger partial charge in [-0.05, 0) is 38.1 Å². The molecule has 0 fully saturated rings. The second kappa shape index (κ2) is 5.62. The van der Waals surface area contributed by atoms with Gasteiger partial charge >= 0.3 is 5.97 Å². The molecule has 0 aliphatic carbocycles. The normalized spacial score (nSPS) is 11.9. The molecule has 0 radical (unpaired) electrons. The molecule has 0 unspecified atom stereocenters. The van der Waals surface area contributed by atoms with Gasteiger partial charge in [0.1, 0.15) is 5.54 Å². The summed E-state index contributed by atoms with van der Waals surface area (Å²) in [6.45, 7) is 4.26. The molecule has 1 aromatic carbocycles. The van der Waals surface area contributed by atoms with Gasteiger partial charge in [-0.3, -0.25) is 4.79 Å². The van der Waals surface area contributed by atoms with Crippen LogP contribution in [-0.4, -0.2) is 36.7 Å². The Labute approximate surface area is 117 Å². The summed E-state index contributed by atoms with van der Waals surface area (Å²) in [6, 6.07) is 5.38. The number of carboxylic acid groups (broad SMARTS) is 1. The van der Waals surface area contributed by atoms with Crippen LogP contribution in [-0.2, 0) is 14.6 Å². The standard InChI is InChI=1S/C13H17NO5S/c1-4-20(18,19)10-7-5-9(6-8-10)11(15)14-13(2,3)12(16)17/h5-8H,4H2,1-3H3,(H,14,15)(H,16,17). The van der Waals surface area contributed by atoms with Crippen molar-refractivity contribution in [2.75, 3.05) is 5.75 Å². The number of rotatable bonds is 5. The van der Waals surface area contributed by atoms with E-state index >= 15 is 0 Å². The Hall–Kier alpha value is -1.89. The Kier molecular flexibility index (Phi) is 4.54. The third-order valence-corrected chi connectivity index (χ3v) is 4.57. The minimum absolute atomic E-state index is 0.0232. The van der Waals surface area contributed by atoms with E-state index in [-0.39, 0.29) is 16.2 Å². The molecule has 0 bridgehead atoms. The molecule has 0 atom stereocenters. The maximum atomic E-state index is 11.9. The van der Waals surface area contributed by atoms with Crippen molar-refractivity contribution in [2.45, 2.75) is 31.2 Å². The van der Waals surface area contributed by atoms with Gasteiger partial charge in [-0.15, -0.1) is 0 Å². The highest BCUT2D eigenvalue weighted by Crippen LogP contribution is 2.13. The smallest absolute Gasteiger partial charge is 0.328 e. The van der Waals surface area contributed by atoms with Crippen molar-refractivity contribution in [3.63, 3.8) is 0 Å². The largest absolute Gasteiger partial charge is 0.480 e. The molecule has 0 saturated carbocycles. The Balaban J connectivity index is 2.95. The zero-order valence-electron chi connectivity index (χ0n) is 11.5. The molecule has 0 spiro atoms. The number of carboxylic acids is 1. The molecule has 20 heavy (non-hydrogen) atoms. The summed E-state index contributed by atoms with van der Waals surface area (Å²) in [5, 5.41) is 11.3. The number of carbonyl (C=O) groups excluding carboxylic acids is 1. The van der Waals surface area contributed by atoms with Crippen LogP contribution >= 0.6 is 0 Å². The second-order valence-electron chi connectivity index (χ2n) is 4.81. The topological polar surface area (TPSA) is 101 Å². The molecular formula is C13H17NO5S. The lowest BCUT2D eigenvalue weighted by Crippen LogP contribution is -2.49. The molecule has 0 saturated heterocycles. The first-order valence-electron chi connectivity index (χ1n) is 5.99. The van der Waals surface area contributed by atoms with Gasteiger partial charge < -0.3 is 10.4 Å². The van der Waals surface area contributed by atoms with Crippen molar-refractivity contribution in [1.29, 1.82) is 0 Å². The molecule has 1 aromatic rings. The number of hydrogen-bond acceptors (Lipinski definition) is 4. The first-order chi connectivity index (χ1) is 9.10. The van der Waals surface area contributed by atoms with Gasteiger partial charge in [0.2, 0.25) is 0 Å². The van der Waals surface area contributed by atoms with Gasteiger partial charge in [-0.2, -0.15) is 0 Å². The highest BCUT2D eigenvalue weighted by Gasteiger charge is 2.29. The van der Waals surface area contributed by atoms with Crippen molar-refractivity contribution in [3.05, 3.63) is 29.8 Å². The summed E-state index contributed by atoms with van der Waals surface area (Å²) in [4.78, 5) is 22.9. The van der Waals surface area contributed by atoms with Gasteiger partial charge in [0.25, 0.3) is 5.91 Å². The average molecular weight is 299 g/mol. The maximum Gasteiger partial charge on any atom is 0.328 e. The molecule has 110 valence electrons. The van der Waals surface area contributed by atoms with E-state index in [4.69, 9.17) is 5.11 Å². The molecule has 1 amide bonds. The SMILES string of the molecule is CCS(=O)(=O)c1ccc(C(=O)NC(C)(C)C(=O)O)cc1. The van der Waals surface area contributed by atoms with E-state index in [0.29, 0.717) is 0 Å². The molecule has 0 aliphatic heterocycles. The summed E-state index contributed by atoms with van der Waals surface area (Å²) in [5.74, 6) is -1.75. The number of aliphatic carboxylic acids is 1. The highest BCUT2D eigenvalue weighted by atomic mass is 32.2. The van der Waals surface area contributed by atoms with Gasteiger partial charge in [-0.25, -0.2) is 13.2 Å². The molecule has 0 aromatic heterocycles. The molecule has 0 heterocycles. The number of benzene rings is 1. The lowest BCUT2D eigenvalue weighted by atomic mass is 10.1. The van der Waals surface area contributed by atoms with Crippen LogP contribution in [0.2, 0.25) is 0 Å². The van der Waals surface area contributed by atoms with Crippen LogP contribution in [0.4, 0.5) is 0 Å². The third-order valence-electron chi connectivity index (χ3n) is 2.82. The molecule has 2 N–H and O–H groups in total. The van der Waals surface area contributed by atoms with E-state index in [0.717, 1.165) is 0 Å². The Morgan fingerprint density at radius 3 is 2.10 bits per heavy atom. The van der Waals surface area contributed by atoms with Crippen LogP contribution in [0.1, 0.15) is 31.1 Å². The summed E-state index contributed by atoms with van der Waals surface area (Å²) in [6.07, 6.45) is 0. The van der Waals surface area contributed by atoms with Gasteiger partial charge in [0, 0.05) is 5.56 Å². The zero-order chi connectivity index (χ0) is 15.6. The summed E-state index contributed by atoms with van der Waals surface area (Å²) in [7, 11) is -3.32. The van der Waals surface area contributed by atoms with E-state index in [1.54, 1.807) is 0 Å². The van der Waals surface area contributed by atoms with Crippen LogP contribution in [0.3, 0.4) is 0 Å². The Morgan fingerprint density at radius 2 is 1.70 bits per heavy atom. The number of amides is 1. The number of hydrogen-bond donors (Lipinski definition) is 2. The minimum atomic E-state index is -3.32. The lowest BCUT2D eigenvalue weighted by molar-refractivity contribution is -0.143. The lowest BCUT2D eigenvalue weighted by Gasteiger charge is -2.20. The quantitative estimate of drug-likeness (QED) is 0.847.